The van der Waals surface area contributed by atoms with Crippen LogP contribution in [0, 0.1) is 5.92 Å². The second kappa shape index (κ2) is 5.92. The van der Waals surface area contributed by atoms with Crippen LogP contribution in [0.15, 0.2) is 24.3 Å². The lowest BCUT2D eigenvalue weighted by atomic mass is 9.97. The van der Waals surface area contributed by atoms with Crippen molar-refractivity contribution in [3.8, 4) is 0 Å². The van der Waals surface area contributed by atoms with Crippen molar-refractivity contribution >= 4 is 11.4 Å². The van der Waals surface area contributed by atoms with Gasteiger partial charge in [-0.3, -0.25) is 0 Å². The van der Waals surface area contributed by atoms with Gasteiger partial charge in [0, 0.05) is 26.2 Å². The average Bonchev–Trinajstić information content (AvgIpc) is 2.40. The predicted octanol–water partition coefficient (Wildman–Crippen LogP) is 2.33. The molecule has 0 aromatic heterocycles. The van der Waals surface area contributed by atoms with Crippen LogP contribution in [0.3, 0.4) is 0 Å². The van der Waals surface area contributed by atoms with E-state index in [2.05, 4.69) is 41.4 Å². The summed E-state index contributed by atoms with van der Waals surface area (Å²) < 4.78 is 0. The average molecular weight is 234 g/mol. The third kappa shape index (κ3) is 2.91. The minimum absolute atomic E-state index is 0.336. The van der Waals surface area contributed by atoms with Crippen molar-refractivity contribution in [3.05, 3.63) is 24.3 Å². The Morgan fingerprint density at radius 1 is 1.29 bits per heavy atom. The molecule has 2 N–H and O–H groups in total. The molecule has 0 radical (unpaired) electrons. The van der Waals surface area contributed by atoms with E-state index in [1.807, 2.05) is 0 Å². The lowest BCUT2D eigenvalue weighted by Crippen LogP contribution is -2.35. The van der Waals surface area contributed by atoms with Crippen molar-refractivity contribution in [2.24, 2.45) is 5.92 Å². The highest BCUT2D eigenvalue weighted by Crippen LogP contribution is 2.29. The van der Waals surface area contributed by atoms with Crippen LogP contribution in [0.1, 0.15) is 19.8 Å². The molecule has 1 aromatic rings. The number of hydrogen-bond acceptors (Lipinski definition) is 3. The first-order valence-corrected chi connectivity index (χ1v) is 6.54. The van der Waals surface area contributed by atoms with Gasteiger partial charge in [0.15, 0.2) is 0 Å². The van der Waals surface area contributed by atoms with E-state index >= 15 is 0 Å². The fraction of sp³-hybridized carbons (Fsp3) is 0.571. The Morgan fingerprint density at radius 2 is 2.00 bits per heavy atom. The summed E-state index contributed by atoms with van der Waals surface area (Å²) in [4.78, 5) is 2.42. The molecule has 1 heterocycles. The summed E-state index contributed by atoms with van der Waals surface area (Å²) in [5, 5.41) is 12.6. The number of aliphatic hydroxyl groups excluding tert-OH is 1. The maximum atomic E-state index is 9.16. The number of rotatable bonds is 4. The molecular formula is C14H22N2O. The number of nitrogens with one attached hydrogen (secondary N) is 1. The number of benzene rings is 1. The van der Waals surface area contributed by atoms with Crippen molar-refractivity contribution in [1.82, 2.24) is 0 Å². The second-order valence-corrected chi connectivity index (χ2v) is 4.66. The minimum Gasteiger partial charge on any atom is -0.396 e. The van der Waals surface area contributed by atoms with Crippen molar-refractivity contribution in [1.29, 1.82) is 0 Å². The maximum absolute atomic E-state index is 9.16. The summed E-state index contributed by atoms with van der Waals surface area (Å²) in [6, 6.07) is 8.48. The Balaban J connectivity index is 2.07. The molecule has 1 saturated heterocycles. The van der Waals surface area contributed by atoms with E-state index < -0.39 is 0 Å². The van der Waals surface area contributed by atoms with Crippen LogP contribution in [0.2, 0.25) is 0 Å². The second-order valence-electron chi connectivity index (χ2n) is 4.66. The molecule has 0 bridgehead atoms. The topological polar surface area (TPSA) is 35.5 Å². The molecule has 1 aliphatic rings. The van der Waals surface area contributed by atoms with Gasteiger partial charge in [0.25, 0.3) is 0 Å². The van der Waals surface area contributed by atoms with Gasteiger partial charge in [0.1, 0.15) is 0 Å². The van der Waals surface area contributed by atoms with E-state index in [1.165, 1.54) is 11.4 Å². The third-order valence-corrected chi connectivity index (χ3v) is 3.48. The van der Waals surface area contributed by atoms with Crippen LogP contribution in [0.25, 0.3) is 0 Å². The number of para-hydroxylation sites is 2. The zero-order chi connectivity index (χ0) is 12.1. The summed E-state index contributed by atoms with van der Waals surface area (Å²) in [5.41, 5.74) is 2.52. The summed E-state index contributed by atoms with van der Waals surface area (Å²) >= 11 is 0. The van der Waals surface area contributed by atoms with Crippen LogP contribution < -0.4 is 10.2 Å². The van der Waals surface area contributed by atoms with Crippen LogP contribution >= 0.6 is 0 Å². The highest BCUT2D eigenvalue weighted by molar-refractivity contribution is 5.70. The third-order valence-electron chi connectivity index (χ3n) is 3.48. The molecule has 0 amide bonds. The normalized spacial score (nSPS) is 17.2. The fourth-order valence-corrected chi connectivity index (χ4v) is 2.45. The lowest BCUT2D eigenvalue weighted by molar-refractivity contribution is 0.203. The molecule has 2 rings (SSSR count). The molecule has 0 aliphatic carbocycles. The Labute approximate surface area is 103 Å². The molecule has 0 saturated carbocycles. The quantitative estimate of drug-likeness (QED) is 0.839. The van der Waals surface area contributed by atoms with Crippen LogP contribution in [-0.2, 0) is 0 Å². The number of aliphatic hydroxyl groups is 1. The monoisotopic (exact) mass is 234 g/mol. The first kappa shape index (κ1) is 12.2. The van der Waals surface area contributed by atoms with E-state index in [0.29, 0.717) is 12.5 Å². The van der Waals surface area contributed by atoms with Gasteiger partial charge in [-0.25, -0.2) is 0 Å². The number of piperidine rings is 1. The van der Waals surface area contributed by atoms with Gasteiger partial charge in [-0.15, -0.1) is 0 Å². The largest absolute Gasteiger partial charge is 0.396 e. The molecule has 0 spiro atoms. The fourth-order valence-electron chi connectivity index (χ4n) is 2.45. The predicted molar refractivity (Wildman–Crippen MR) is 72.6 cm³/mol. The summed E-state index contributed by atoms with van der Waals surface area (Å²) in [7, 11) is 0. The number of anilines is 2. The summed E-state index contributed by atoms with van der Waals surface area (Å²) in [5.74, 6) is 0.498. The standard InChI is InChI=1S/C14H22N2O/c1-2-15-13-5-3-4-6-14(13)16-9-7-12(11-17)8-10-16/h3-6,12,15,17H,2,7-11H2,1H3. The smallest absolute Gasteiger partial charge is 0.0602 e. The van der Waals surface area contributed by atoms with Crippen LogP contribution in [-0.4, -0.2) is 31.3 Å². The van der Waals surface area contributed by atoms with E-state index in [-0.39, 0.29) is 0 Å². The van der Waals surface area contributed by atoms with E-state index in [0.717, 1.165) is 32.5 Å². The van der Waals surface area contributed by atoms with E-state index in [9.17, 15) is 0 Å². The van der Waals surface area contributed by atoms with Gasteiger partial charge in [-0.05, 0) is 37.8 Å². The Bertz CT molecular complexity index is 346. The molecule has 17 heavy (non-hydrogen) atoms. The highest BCUT2D eigenvalue weighted by Gasteiger charge is 2.19. The summed E-state index contributed by atoms with van der Waals surface area (Å²) in [6.45, 7) is 5.50. The SMILES string of the molecule is CCNc1ccccc1N1CCC(CO)CC1. The van der Waals surface area contributed by atoms with Crippen molar-refractivity contribution in [2.45, 2.75) is 19.8 Å². The van der Waals surface area contributed by atoms with Gasteiger partial charge in [0.05, 0.1) is 11.4 Å². The van der Waals surface area contributed by atoms with Crippen LogP contribution in [0.5, 0.6) is 0 Å². The van der Waals surface area contributed by atoms with Crippen LogP contribution in [0.4, 0.5) is 11.4 Å². The molecule has 3 nitrogen and oxygen atoms in total. The van der Waals surface area contributed by atoms with Gasteiger partial charge >= 0.3 is 0 Å². The Kier molecular flexibility index (Phi) is 4.26. The molecule has 1 aliphatic heterocycles. The zero-order valence-corrected chi connectivity index (χ0v) is 10.5. The molecular weight excluding hydrogens is 212 g/mol. The number of hydrogen-bond donors (Lipinski definition) is 2. The van der Waals surface area contributed by atoms with Gasteiger partial charge in [-0.2, -0.15) is 0 Å². The van der Waals surface area contributed by atoms with Gasteiger partial charge in [0.2, 0.25) is 0 Å². The molecule has 0 atom stereocenters. The maximum Gasteiger partial charge on any atom is 0.0602 e. The molecule has 1 aromatic carbocycles. The molecule has 0 unspecified atom stereocenters. The minimum atomic E-state index is 0.336. The van der Waals surface area contributed by atoms with Crippen molar-refractivity contribution in [3.63, 3.8) is 0 Å². The van der Waals surface area contributed by atoms with Gasteiger partial charge in [-0.1, -0.05) is 12.1 Å². The van der Waals surface area contributed by atoms with Gasteiger partial charge < -0.3 is 15.3 Å². The molecule has 3 heteroatoms. The highest BCUT2D eigenvalue weighted by atomic mass is 16.3. The summed E-state index contributed by atoms with van der Waals surface area (Å²) in [6.07, 6.45) is 2.19. The molecule has 1 fully saturated rings. The van der Waals surface area contributed by atoms with Crippen molar-refractivity contribution in [2.75, 3.05) is 36.5 Å². The first-order valence-electron chi connectivity index (χ1n) is 6.54. The number of nitrogens with zero attached hydrogens (tertiary/aromatic N) is 1. The molecule has 94 valence electrons. The Morgan fingerprint density at radius 3 is 2.65 bits per heavy atom. The Hall–Kier alpha value is -1.22. The van der Waals surface area contributed by atoms with Crippen molar-refractivity contribution < 1.29 is 5.11 Å². The van der Waals surface area contributed by atoms with E-state index in [4.69, 9.17) is 5.11 Å². The lowest BCUT2D eigenvalue weighted by Gasteiger charge is -2.34. The first-order chi connectivity index (χ1) is 8.35. The van der Waals surface area contributed by atoms with E-state index in [1.54, 1.807) is 0 Å². The zero-order valence-electron chi connectivity index (χ0n) is 10.5.